The molecule has 0 radical (unpaired) electrons. The maximum Gasteiger partial charge on any atom is 0.183 e. The Morgan fingerprint density at radius 1 is 1.12 bits per heavy atom. The third kappa shape index (κ3) is 6.11. The molecule has 0 saturated carbocycles. The lowest BCUT2D eigenvalue weighted by molar-refractivity contribution is 0.0276. The Morgan fingerprint density at radius 2 is 1.82 bits per heavy atom. The fourth-order valence-corrected chi connectivity index (χ4v) is 4.81. The molecule has 4 nitrogen and oxygen atoms in total. The second kappa shape index (κ2) is 11.9. The van der Waals surface area contributed by atoms with Gasteiger partial charge in [0.15, 0.2) is 5.78 Å². The van der Waals surface area contributed by atoms with Gasteiger partial charge in [0, 0.05) is 18.7 Å². The van der Waals surface area contributed by atoms with Crippen molar-refractivity contribution in [1.29, 1.82) is 0 Å². The molecule has 0 spiro atoms. The van der Waals surface area contributed by atoms with Crippen LogP contribution in [0.3, 0.4) is 0 Å². The highest BCUT2D eigenvalue weighted by Gasteiger charge is 2.41. The quantitative estimate of drug-likeness (QED) is 0.441. The van der Waals surface area contributed by atoms with Gasteiger partial charge in [-0.3, -0.25) is 9.69 Å². The number of hydrogen-bond acceptors (Lipinski definition) is 4. The zero-order chi connectivity index (χ0) is 23.8. The zero-order valence-corrected chi connectivity index (χ0v) is 21.2. The van der Waals surface area contributed by atoms with Gasteiger partial charge >= 0.3 is 0 Å². The van der Waals surface area contributed by atoms with E-state index in [9.17, 15) is 4.79 Å². The van der Waals surface area contributed by atoms with Gasteiger partial charge in [0.05, 0.1) is 18.2 Å². The monoisotopic (exact) mass is 450 g/mol. The lowest BCUT2D eigenvalue weighted by atomic mass is 9.79. The SMILES string of the molecule is CCCCN(C)C(CC)(Cc1ccc(C(C)C)cc1)C(=O)c1ccc(C2CNCCO2)cc1. The summed E-state index contributed by atoms with van der Waals surface area (Å²) < 4.78 is 5.89. The van der Waals surface area contributed by atoms with Gasteiger partial charge in [0.1, 0.15) is 0 Å². The van der Waals surface area contributed by atoms with Gasteiger partial charge in [0.2, 0.25) is 0 Å². The van der Waals surface area contributed by atoms with Gasteiger partial charge in [0.25, 0.3) is 0 Å². The Hall–Kier alpha value is -2.01. The highest BCUT2D eigenvalue weighted by Crippen LogP contribution is 2.30. The number of ketones is 1. The Bertz CT molecular complexity index is 869. The molecular formula is C29H42N2O2. The lowest BCUT2D eigenvalue weighted by Gasteiger charge is -2.40. The molecule has 2 aromatic rings. The van der Waals surface area contributed by atoms with Crippen molar-refractivity contribution in [3.05, 3.63) is 70.8 Å². The number of hydrogen-bond donors (Lipinski definition) is 1. The third-order valence-electron chi connectivity index (χ3n) is 7.20. The van der Waals surface area contributed by atoms with Crippen molar-refractivity contribution in [2.45, 2.75) is 70.9 Å². The molecule has 1 saturated heterocycles. The van der Waals surface area contributed by atoms with Crippen LogP contribution in [0.15, 0.2) is 48.5 Å². The van der Waals surface area contributed by atoms with Crippen molar-refractivity contribution in [2.24, 2.45) is 0 Å². The fraction of sp³-hybridized carbons (Fsp3) is 0.552. The fourth-order valence-electron chi connectivity index (χ4n) is 4.81. The molecule has 180 valence electrons. The highest BCUT2D eigenvalue weighted by molar-refractivity contribution is 6.03. The standard InChI is InChI=1S/C29H42N2O2/c1-6-8-18-31(5)29(7-2,20-23-9-11-24(12-10-23)22(3)4)28(32)26-15-13-25(14-16-26)27-21-30-17-19-33-27/h9-16,22,27,30H,6-8,17-21H2,1-5H3. The summed E-state index contributed by atoms with van der Waals surface area (Å²) in [6.07, 6.45) is 3.76. The van der Waals surface area contributed by atoms with Crippen LogP contribution in [0, 0.1) is 0 Å². The summed E-state index contributed by atoms with van der Waals surface area (Å²) >= 11 is 0. The van der Waals surface area contributed by atoms with E-state index in [1.807, 2.05) is 12.1 Å². The van der Waals surface area contributed by atoms with E-state index in [-0.39, 0.29) is 11.9 Å². The summed E-state index contributed by atoms with van der Waals surface area (Å²) in [7, 11) is 2.12. The average molecular weight is 451 g/mol. The maximum absolute atomic E-state index is 14.1. The van der Waals surface area contributed by atoms with Crippen molar-refractivity contribution >= 4 is 5.78 Å². The summed E-state index contributed by atoms with van der Waals surface area (Å²) in [5.74, 6) is 0.719. The Kier molecular flexibility index (Phi) is 9.25. The van der Waals surface area contributed by atoms with Crippen LogP contribution in [-0.2, 0) is 11.2 Å². The molecule has 1 aliphatic heterocycles. The second-order valence-electron chi connectivity index (χ2n) is 9.75. The predicted molar refractivity (Wildman–Crippen MR) is 137 cm³/mol. The molecule has 1 fully saturated rings. The summed E-state index contributed by atoms with van der Waals surface area (Å²) in [5.41, 5.74) is 3.91. The van der Waals surface area contributed by atoms with E-state index in [0.717, 1.165) is 63.1 Å². The molecule has 4 heteroatoms. The number of unbranched alkanes of at least 4 members (excludes halogenated alkanes) is 1. The minimum atomic E-state index is -0.557. The molecular weight excluding hydrogens is 408 g/mol. The smallest absolute Gasteiger partial charge is 0.183 e. The topological polar surface area (TPSA) is 41.6 Å². The predicted octanol–water partition coefficient (Wildman–Crippen LogP) is 5.78. The molecule has 3 rings (SSSR count). The molecule has 1 N–H and O–H groups in total. The molecule has 0 amide bonds. The van der Waals surface area contributed by atoms with Crippen molar-refractivity contribution in [3.63, 3.8) is 0 Å². The van der Waals surface area contributed by atoms with Crippen LogP contribution in [0.5, 0.6) is 0 Å². The number of morpholine rings is 1. The van der Waals surface area contributed by atoms with E-state index in [1.54, 1.807) is 0 Å². The molecule has 2 unspecified atom stereocenters. The molecule has 0 aliphatic carbocycles. The first kappa shape index (κ1) is 25.6. The van der Waals surface area contributed by atoms with E-state index < -0.39 is 5.54 Å². The number of benzene rings is 2. The van der Waals surface area contributed by atoms with E-state index in [1.165, 1.54) is 11.1 Å². The summed E-state index contributed by atoms with van der Waals surface area (Å²) in [4.78, 5) is 16.4. The van der Waals surface area contributed by atoms with Gasteiger partial charge in [-0.15, -0.1) is 0 Å². The normalized spacial score (nSPS) is 18.5. The Morgan fingerprint density at radius 3 is 2.36 bits per heavy atom. The van der Waals surface area contributed by atoms with Crippen LogP contribution < -0.4 is 5.32 Å². The van der Waals surface area contributed by atoms with Crippen LogP contribution >= 0.6 is 0 Å². The van der Waals surface area contributed by atoms with Crippen LogP contribution in [0.4, 0.5) is 0 Å². The van der Waals surface area contributed by atoms with E-state index in [2.05, 4.69) is 81.4 Å². The number of ether oxygens (including phenoxy) is 1. The first-order chi connectivity index (χ1) is 15.9. The van der Waals surface area contributed by atoms with E-state index in [4.69, 9.17) is 4.74 Å². The van der Waals surface area contributed by atoms with E-state index >= 15 is 0 Å². The van der Waals surface area contributed by atoms with Gasteiger partial charge in [-0.1, -0.05) is 82.6 Å². The van der Waals surface area contributed by atoms with Crippen molar-refractivity contribution in [2.75, 3.05) is 33.3 Å². The Labute approximate surface area is 200 Å². The molecule has 2 atom stereocenters. The van der Waals surface area contributed by atoms with Crippen molar-refractivity contribution < 1.29 is 9.53 Å². The zero-order valence-electron chi connectivity index (χ0n) is 21.2. The van der Waals surface area contributed by atoms with Gasteiger partial charge in [-0.05, 0) is 55.5 Å². The van der Waals surface area contributed by atoms with Gasteiger partial charge in [-0.2, -0.15) is 0 Å². The Balaban J connectivity index is 1.89. The maximum atomic E-state index is 14.1. The second-order valence-corrected chi connectivity index (χ2v) is 9.75. The van der Waals surface area contributed by atoms with Gasteiger partial charge in [-0.25, -0.2) is 0 Å². The van der Waals surface area contributed by atoms with Gasteiger partial charge < -0.3 is 10.1 Å². The number of Topliss-reactive ketones (excluding diaryl/α,β-unsaturated/α-hetero) is 1. The minimum absolute atomic E-state index is 0.0607. The van der Waals surface area contributed by atoms with Crippen molar-refractivity contribution in [1.82, 2.24) is 10.2 Å². The molecule has 0 aromatic heterocycles. The van der Waals surface area contributed by atoms with Crippen LogP contribution in [0.1, 0.15) is 86.0 Å². The van der Waals surface area contributed by atoms with Crippen LogP contribution in [0.2, 0.25) is 0 Å². The summed E-state index contributed by atoms with van der Waals surface area (Å²) in [6.45, 7) is 12.1. The number of carbonyl (C=O) groups is 1. The van der Waals surface area contributed by atoms with Crippen LogP contribution in [-0.4, -0.2) is 49.5 Å². The number of rotatable bonds is 11. The number of likely N-dealkylation sites (N-methyl/N-ethyl adjacent to an activating group) is 1. The average Bonchev–Trinajstić information content (AvgIpc) is 2.86. The molecule has 33 heavy (non-hydrogen) atoms. The minimum Gasteiger partial charge on any atom is -0.371 e. The summed E-state index contributed by atoms with van der Waals surface area (Å²) in [6, 6.07) is 17.0. The molecule has 1 heterocycles. The molecule has 2 aromatic carbocycles. The lowest BCUT2D eigenvalue weighted by Crippen LogP contribution is -2.54. The van der Waals surface area contributed by atoms with E-state index in [0.29, 0.717) is 5.92 Å². The number of nitrogens with one attached hydrogen (secondary N) is 1. The number of nitrogens with zero attached hydrogens (tertiary/aromatic N) is 1. The van der Waals surface area contributed by atoms with Crippen LogP contribution in [0.25, 0.3) is 0 Å². The third-order valence-corrected chi connectivity index (χ3v) is 7.20. The number of carbonyl (C=O) groups excluding carboxylic acids is 1. The first-order valence-electron chi connectivity index (χ1n) is 12.7. The largest absolute Gasteiger partial charge is 0.371 e. The highest BCUT2D eigenvalue weighted by atomic mass is 16.5. The molecule has 0 bridgehead atoms. The summed E-state index contributed by atoms with van der Waals surface area (Å²) in [5, 5.41) is 3.38. The molecule has 1 aliphatic rings. The first-order valence-corrected chi connectivity index (χ1v) is 12.7. The van der Waals surface area contributed by atoms with Crippen molar-refractivity contribution in [3.8, 4) is 0 Å².